The second-order valence-electron chi connectivity index (χ2n) is 2.18. The summed E-state index contributed by atoms with van der Waals surface area (Å²) in [5, 5.41) is 17.4. The molecular weight excluding hydrogens is 176 g/mol. The average molecular weight is 184 g/mol. The number of rotatable bonds is 3. The first-order chi connectivity index (χ1) is 5.68. The van der Waals surface area contributed by atoms with Gasteiger partial charge in [0.1, 0.15) is 5.75 Å². The molecule has 0 saturated heterocycles. The minimum Gasteiger partial charge on any atom is -0.508 e. The maximum atomic E-state index is 10.2. The highest BCUT2D eigenvalue weighted by Crippen LogP contribution is 2.21. The number of phenolic OH excluding ortho intramolecular Hbond substituents is 1. The van der Waals surface area contributed by atoms with Crippen molar-refractivity contribution in [2.45, 2.75) is 4.90 Å². The molecular formula is C8H8O3S. The molecule has 0 spiro atoms. The summed E-state index contributed by atoms with van der Waals surface area (Å²) < 4.78 is 0. The van der Waals surface area contributed by atoms with E-state index < -0.39 is 5.97 Å². The first-order valence-electron chi connectivity index (χ1n) is 3.32. The Hall–Kier alpha value is -1.16. The van der Waals surface area contributed by atoms with Crippen molar-refractivity contribution in [1.29, 1.82) is 0 Å². The van der Waals surface area contributed by atoms with Crippen LogP contribution in [0.3, 0.4) is 0 Å². The largest absolute Gasteiger partial charge is 0.508 e. The third-order valence-corrected chi connectivity index (χ3v) is 2.16. The molecule has 2 N–H and O–H groups in total. The van der Waals surface area contributed by atoms with Crippen molar-refractivity contribution < 1.29 is 15.0 Å². The molecule has 64 valence electrons. The molecule has 1 aromatic carbocycles. The summed E-state index contributed by atoms with van der Waals surface area (Å²) in [6, 6.07) is 6.52. The molecule has 0 saturated carbocycles. The molecule has 0 radical (unpaired) electrons. The third kappa shape index (κ3) is 2.84. The minimum absolute atomic E-state index is 0.0173. The number of phenols is 1. The molecule has 4 heteroatoms. The third-order valence-electron chi connectivity index (χ3n) is 1.18. The number of carbonyl (C=O) groups is 1. The minimum atomic E-state index is -0.858. The van der Waals surface area contributed by atoms with Gasteiger partial charge in [0.15, 0.2) is 0 Å². The van der Waals surface area contributed by atoms with Gasteiger partial charge in [-0.3, -0.25) is 4.79 Å². The SMILES string of the molecule is O=C(O)CSc1cccc(O)c1. The number of hydrogen-bond donors (Lipinski definition) is 2. The van der Waals surface area contributed by atoms with Crippen molar-refractivity contribution >= 4 is 17.7 Å². The van der Waals surface area contributed by atoms with E-state index in [9.17, 15) is 4.79 Å². The van der Waals surface area contributed by atoms with E-state index in [4.69, 9.17) is 10.2 Å². The highest BCUT2D eigenvalue weighted by molar-refractivity contribution is 8.00. The molecule has 0 aliphatic rings. The number of benzene rings is 1. The highest BCUT2D eigenvalue weighted by Gasteiger charge is 1.99. The van der Waals surface area contributed by atoms with Crippen LogP contribution in [0.5, 0.6) is 5.75 Å². The van der Waals surface area contributed by atoms with E-state index in [-0.39, 0.29) is 11.5 Å². The fourth-order valence-electron chi connectivity index (χ4n) is 0.718. The molecule has 0 aliphatic heterocycles. The zero-order chi connectivity index (χ0) is 8.97. The van der Waals surface area contributed by atoms with Crippen molar-refractivity contribution in [3.05, 3.63) is 24.3 Å². The summed E-state index contributed by atoms with van der Waals surface area (Å²) in [5.41, 5.74) is 0. The van der Waals surface area contributed by atoms with Crippen LogP contribution in [0.2, 0.25) is 0 Å². The molecule has 12 heavy (non-hydrogen) atoms. The standard InChI is InChI=1S/C8H8O3S/c9-6-2-1-3-7(4-6)12-5-8(10)11/h1-4,9H,5H2,(H,10,11). The Labute approximate surface area is 74.0 Å². The van der Waals surface area contributed by atoms with E-state index in [1.165, 1.54) is 17.8 Å². The van der Waals surface area contributed by atoms with E-state index in [0.29, 0.717) is 0 Å². The molecule has 0 atom stereocenters. The first-order valence-corrected chi connectivity index (χ1v) is 4.30. The molecule has 0 amide bonds. The van der Waals surface area contributed by atoms with Gasteiger partial charge >= 0.3 is 5.97 Å². The van der Waals surface area contributed by atoms with Gasteiger partial charge in [0, 0.05) is 4.90 Å². The lowest BCUT2D eigenvalue weighted by atomic mass is 10.3. The van der Waals surface area contributed by atoms with Crippen LogP contribution in [0.1, 0.15) is 0 Å². The number of thioether (sulfide) groups is 1. The Morgan fingerprint density at radius 2 is 2.25 bits per heavy atom. The van der Waals surface area contributed by atoms with E-state index in [1.807, 2.05) is 0 Å². The molecule has 0 fully saturated rings. The van der Waals surface area contributed by atoms with Gasteiger partial charge in [0.25, 0.3) is 0 Å². The van der Waals surface area contributed by atoms with Gasteiger partial charge in [-0.25, -0.2) is 0 Å². The summed E-state index contributed by atoms with van der Waals surface area (Å²) in [6.45, 7) is 0. The molecule has 0 aliphatic carbocycles. The normalized spacial score (nSPS) is 9.67. The van der Waals surface area contributed by atoms with E-state index in [1.54, 1.807) is 18.2 Å². The van der Waals surface area contributed by atoms with E-state index in [0.717, 1.165) is 4.90 Å². The van der Waals surface area contributed by atoms with Gasteiger partial charge in [0.05, 0.1) is 5.75 Å². The lowest BCUT2D eigenvalue weighted by Crippen LogP contribution is -1.96. The van der Waals surface area contributed by atoms with Crippen molar-refractivity contribution in [3.8, 4) is 5.75 Å². The van der Waals surface area contributed by atoms with Crippen LogP contribution in [0.15, 0.2) is 29.2 Å². The molecule has 0 heterocycles. The van der Waals surface area contributed by atoms with Crippen LogP contribution in [0.4, 0.5) is 0 Å². The summed E-state index contributed by atoms with van der Waals surface area (Å²) in [7, 11) is 0. The van der Waals surface area contributed by atoms with Gasteiger partial charge in [0.2, 0.25) is 0 Å². The van der Waals surface area contributed by atoms with Gasteiger partial charge in [-0.1, -0.05) is 6.07 Å². The van der Waals surface area contributed by atoms with Crippen LogP contribution in [0, 0.1) is 0 Å². The number of carboxylic acids is 1. The number of hydrogen-bond acceptors (Lipinski definition) is 3. The number of aliphatic carboxylic acids is 1. The van der Waals surface area contributed by atoms with Crippen molar-refractivity contribution in [1.82, 2.24) is 0 Å². The molecule has 3 nitrogen and oxygen atoms in total. The average Bonchev–Trinajstić information content (AvgIpc) is 2.01. The highest BCUT2D eigenvalue weighted by atomic mass is 32.2. The molecule has 0 unspecified atom stereocenters. The summed E-state index contributed by atoms with van der Waals surface area (Å²) >= 11 is 1.18. The van der Waals surface area contributed by atoms with Gasteiger partial charge < -0.3 is 10.2 Å². The Balaban J connectivity index is 2.57. The van der Waals surface area contributed by atoms with Crippen molar-refractivity contribution in [2.75, 3.05) is 5.75 Å². The van der Waals surface area contributed by atoms with E-state index >= 15 is 0 Å². The fraction of sp³-hybridized carbons (Fsp3) is 0.125. The van der Waals surface area contributed by atoms with Crippen LogP contribution >= 0.6 is 11.8 Å². The van der Waals surface area contributed by atoms with E-state index in [2.05, 4.69) is 0 Å². The topological polar surface area (TPSA) is 57.5 Å². The Morgan fingerprint density at radius 1 is 1.50 bits per heavy atom. The Morgan fingerprint density at radius 3 is 2.83 bits per heavy atom. The maximum Gasteiger partial charge on any atom is 0.313 e. The molecule has 0 bridgehead atoms. The predicted molar refractivity (Wildman–Crippen MR) is 46.5 cm³/mol. The maximum absolute atomic E-state index is 10.2. The molecule has 1 aromatic rings. The Kier molecular flexibility index (Phi) is 2.99. The van der Waals surface area contributed by atoms with Crippen LogP contribution in [0.25, 0.3) is 0 Å². The second kappa shape index (κ2) is 4.01. The zero-order valence-electron chi connectivity index (χ0n) is 6.23. The van der Waals surface area contributed by atoms with Gasteiger partial charge in [-0.2, -0.15) is 0 Å². The number of carboxylic acid groups (broad SMARTS) is 1. The lowest BCUT2D eigenvalue weighted by Gasteiger charge is -1.97. The summed E-state index contributed by atoms with van der Waals surface area (Å²) in [6.07, 6.45) is 0. The lowest BCUT2D eigenvalue weighted by molar-refractivity contribution is -0.133. The van der Waals surface area contributed by atoms with Crippen molar-refractivity contribution in [3.63, 3.8) is 0 Å². The Bertz CT molecular complexity index is 285. The first kappa shape index (κ1) is 8.93. The summed E-state index contributed by atoms with van der Waals surface area (Å²) in [4.78, 5) is 10.9. The second-order valence-corrected chi connectivity index (χ2v) is 3.23. The van der Waals surface area contributed by atoms with Gasteiger partial charge in [-0.15, -0.1) is 11.8 Å². The van der Waals surface area contributed by atoms with Crippen LogP contribution < -0.4 is 0 Å². The molecule has 0 aromatic heterocycles. The van der Waals surface area contributed by atoms with Crippen LogP contribution in [-0.2, 0) is 4.79 Å². The monoisotopic (exact) mass is 184 g/mol. The quantitative estimate of drug-likeness (QED) is 0.700. The van der Waals surface area contributed by atoms with Crippen molar-refractivity contribution in [2.24, 2.45) is 0 Å². The number of aromatic hydroxyl groups is 1. The summed E-state index contributed by atoms with van der Waals surface area (Å²) in [5.74, 6) is -0.683. The van der Waals surface area contributed by atoms with Gasteiger partial charge in [-0.05, 0) is 18.2 Å². The fourth-order valence-corrected chi connectivity index (χ4v) is 1.39. The smallest absolute Gasteiger partial charge is 0.313 e. The molecule has 1 rings (SSSR count). The predicted octanol–water partition coefficient (Wildman–Crippen LogP) is 1.57. The van der Waals surface area contributed by atoms with Crippen LogP contribution in [-0.4, -0.2) is 21.9 Å². The zero-order valence-corrected chi connectivity index (χ0v) is 7.04.